The molecule has 0 bridgehead atoms. The van der Waals surface area contributed by atoms with Gasteiger partial charge in [-0.1, -0.05) is 6.07 Å². The predicted molar refractivity (Wildman–Crippen MR) is 101 cm³/mol. The third-order valence-electron chi connectivity index (χ3n) is 4.47. The Morgan fingerprint density at radius 2 is 2.04 bits per heavy atom. The Kier molecular flexibility index (Phi) is 5.50. The van der Waals surface area contributed by atoms with Gasteiger partial charge in [0.2, 0.25) is 5.91 Å². The molecule has 0 radical (unpaired) electrons. The zero-order valence-corrected chi connectivity index (χ0v) is 15.4. The highest BCUT2D eigenvalue weighted by Crippen LogP contribution is 2.23. The number of hydrogen-bond donors (Lipinski definition) is 1. The molecule has 1 saturated heterocycles. The van der Waals surface area contributed by atoms with E-state index in [0.29, 0.717) is 18.5 Å². The summed E-state index contributed by atoms with van der Waals surface area (Å²) in [6, 6.07) is 11.5. The molecule has 1 aromatic carbocycles. The molecule has 1 aromatic heterocycles. The van der Waals surface area contributed by atoms with Crippen molar-refractivity contribution in [3.8, 4) is 0 Å². The van der Waals surface area contributed by atoms with E-state index in [1.165, 1.54) is 4.88 Å². The van der Waals surface area contributed by atoms with Crippen molar-refractivity contribution in [1.29, 1.82) is 0 Å². The number of carbonyl (C=O) groups excluding carboxylic acids is 2. The fraction of sp³-hybridized carbons (Fsp3) is 0.368. The summed E-state index contributed by atoms with van der Waals surface area (Å²) in [7, 11) is 4.02. The Hall–Kier alpha value is -2.18. The fourth-order valence-corrected chi connectivity index (χ4v) is 3.95. The zero-order valence-electron chi connectivity index (χ0n) is 14.6. The topological polar surface area (TPSA) is 52.7 Å². The molecule has 25 heavy (non-hydrogen) atoms. The molecule has 0 spiro atoms. The average molecular weight is 357 g/mol. The van der Waals surface area contributed by atoms with Crippen LogP contribution in [-0.4, -0.2) is 43.9 Å². The third kappa shape index (κ3) is 4.08. The first-order chi connectivity index (χ1) is 12.1. The van der Waals surface area contributed by atoms with Crippen LogP contribution in [0.5, 0.6) is 0 Å². The second-order valence-corrected chi connectivity index (χ2v) is 7.38. The quantitative estimate of drug-likeness (QED) is 0.865. The largest absolute Gasteiger partial charge is 0.350 e. The van der Waals surface area contributed by atoms with E-state index in [0.717, 1.165) is 18.7 Å². The number of carbonyl (C=O) groups is 2. The lowest BCUT2D eigenvalue weighted by Gasteiger charge is -2.23. The lowest BCUT2D eigenvalue weighted by Crippen LogP contribution is -2.34. The predicted octanol–water partition coefficient (Wildman–Crippen LogP) is 2.91. The van der Waals surface area contributed by atoms with Crippen molar-refractivity contribution in [3.63, 3.8) is 0 Å². The first-order valence-corrected chi connectivity index (χ1v) is 9.32. The number of likely N-dealkylation sites (N-methyl/N-ethyl adjacent to an activating group) is 1. The second kappa shape index (κ2) is 7.80. The van der Waals surface area contributed by atoms with Crippen LogP contribution < -0.4 is 10.2 Å². The Morgan fingerprint density at radius 3 is 2.60 bits per heavy atom. The van der Waals surface area contributed by atoms with Gasteiger partial charge in [0.05, 0.1) is 6.04 Å². The molecule has 1 fully saturated rings. The van der Waals surface area contributed by atoms with E-state index in [1.807, 2.05) is 37.7 Å². The highest BCUT2D eigenvalue weighted by atomic mass is 32.1. The summed E-state index contributed by atoms with van der Waals surface area (Å²) in [5, 5.41) is 5.06. The first-order valence-electron chi connectivity index (χ1n) is 8.44. The monoisotopic (exact) mass is 357 g/mol. The molecule has 5 nitrogen and oxygen atoms in total. The highest BCUT2D eigenvalue weighted by molar-refractivity contribution is 7.10. The summed E-state index contributed by atoms with van der Waals surface area (Å²) < 4.78 is 0. The molecule has 0 saturated carbocycles. The molecule has 1 N–H and O–H groups in total. The number of rotatable bonds is 6. The maximum atomic E-state index is 12.4. The van der Waals surface area contributed by atoms with Crippen LogP contribution in [0.4, 0.5) is 5.69 Å². The number of hydrogen-bond acceptors (Lipinski definition) is 4. The smallest absolute Gasteiger partial charge is 0.251 e. The fourth-order valence-electron chi connectivity index (χ4n) is 3.02. The van der Waals surface area contributed by atoms with E-state index in [1.54, 1.807) is 28.4 Å². The Labute approximate surface area is 152 Å². The molecule has 2 aromatic rings. The van der Waals surface area contributed by atoms with Gasteiger partial charge >= 0.3 is 0 Å². The molecule has 6 heteroatoms. The minimum absolute atomic E-state index is 0.0947. The summed E-state index contributed by atoms with van der Waals surface area (Å²) in [6.45, 7) is 1.31. The number of anilines is 1. The maximum Gasteiger partial charge on any atom is 0.251 e. The van der Waals surface area contributed by atoms with Crippen LogP contribution in [0.25, 0.3) is 0 Å². The van der Waals surface area contributed by atoms with Crippen molar-refractivity contribution in [3.05, 3.63) is 52.2 Å². The summed E-state index contributed by atoms with van der Waals surface area (Å²) in [5.41, 5.74) is 1.47. The Balaban J connectivity index is 1.62. The van der Waals surface area contributed by atoms with Gasteiger partial charge in [-0.3, -0.25) is 9.59 Å². The van der Waals surface area contributed by atoms with Crippen LogP contribution in [0.3, 0.4) is 0 Å². The third-order valence-corrected chi connectivity index (χ3v) is 5.44. The SMILES string of the molecule is CN(C)[C@H](CNC(=O)c1ccc(N2CCCC2=O)cc1)c1cccs1. The molecule has 0 unspecified atom stereocenters. The number of benzene rings is 1. The van der Waals surface area contributed by atoms with Gasteiger partial charge in [0.1, 0.15) is 0 Å². The van der Waals surface area contributed by atoms with Gasteiger partial charge in [-0.2, -0.15) is 0 Å². The molecule has 2 heterocycles. The molecule has 3 rings (SSSR count). The lowest BCUT2D eigenvalue weighted by molar-refractivity contribution is -0.117. The Bertz CT molecular complexity index is 726. The van der Waals surface area contributed by atoms with Crippen LogP contribution in [0.2, 0.25) is 0 Å². The van der Waals surface area contributed by atoms with Crippen molar-refractivity contribution >= 4 is 28.8 Å². The van der Waals surface area contributed by atoms with Crippen molar-refractivity contribution < 1.29 is 9.59 Å². The van der Waals surface area contributed by atoms with Crippen molar-refractivity contribution in [2.45, 2.75) is 18.9 Å². The number of nitrogens with one attached hydrogen (secondary N) is 1. The zero-order chi connectivity index (χ0) is 17.8. The van der Waals surface area contributed by atoms with E-state index < -0.39 is 0 Å². The van der Waals surface area contributed by atoms with E-state index in [9.17, 15) is 9.59 Å². The van der Waals surface area contributed by atoms with Crippen LogP contribution in [0, 0.1) is 0 Å². The van der Waals surface area contributed by atoms with Crippen molar-refractivity contribution in [2.75, 3.05) is 32.1 Å². The normalized spacial score (nSPS) is 15.6. The number of amides is 2. The van der Waals surface area contributed by atoms with E-state index >= 15 is 0 Å². The second-order valence-electron chi connectivity index (χ2n) is 6.40. The van der Waals surface area contributed by atoms with Gasteiger partial charge in [0.25, 0.3) is 5.91 Å². The van der Waals surface area contributed by atoms with E-state index in [-0.39, 0.29) is 17.9 Å². The molecule has 2 amide bonds. The number of thiophene rings is 1. The summed E-state index contributed by atoms with van der Waals surface area (Å²) in [6.07, 6.45) is 1.51. The summed E-state index contributed by atoms with van der Waals surface area (Å²) >= 11 is 1.69. The molecular formula is C19H23N3O2S. The van der Waals surface area contributed by atoms with Crippen LogP contribution in [-0.2, 0) is 4.79 Å². The molecule has 0 aliphatic carbocycles. The lowest BCUT2D eigenvalue weighted by atomic mass is 10.1. The molecular weight excluding hydrogens is 334 g/mol. The highest BCUT2D eigenvalue weighted by Gasteiger charge is 2.22. The molecule has 1 aliphatic heterocycles. The van der Waals surface area contributed by atoms with Gasteiger partial charge in [-0.05, 0) is 56.2 Å². The van der Waals surface area contributed by atoms with Gasteiger partial charge in [0, 0.05) is 35.6 Å². The molecule has 132 valence electrons. The summed E-state index contributed by atoms with van der Waals surface area (Å²) in [4.78, 5) is 29.3. The molecule has 1 aliphatic rings. The number of nitrogens with zero attached hydrogens (tertiary/aromatic N) is 2. The van der Waals surface area contributed by atoms with Gasteiger partial charge < -0.3 is 15.1 Å². The summed E-state index contributed by atoms with van der Waals surface area (Å²) in [5.74, 6) is 0.0599. The van der Waals surface area contributed by atoms with Gasteiger partial charge in [-0.15, -0.1) is 11.3 Å². The van der Waals surface area contributed by atoms with E-state index in [4.69, 9.17) is 0 Å². The van der Waals surface area contributed by atoms with Gasteiger partial charge in [0.15, 0.2) is 0 Å². The minimum Gasteiger partial charge on any atom is -0.350 e. The Morgan fingerprint density at radius 1 is 1.28 bits per heavy atom. The van der Waals surface area contributed by atoms with Crippen molar-refractivity contribution in [2.24, 2.45) is 0 Å². The minimum atomic E-state index is -0.0947. The van der Waals surface area contributed by atoms with E-state index in [2.05, 4.69) is 16.3 Å². The van der Waals surface area contributed by atoms with Crippen LogP contribution in [0.1, 0.15) is 34.1 Å². The van der Waals surface area contributed by atoms with Gasteiger partial charge in [-0.25, -0.2) is 0 Å². The van der Waals surface area contributed by atoms with Crippen molar-refractivity contribution in [1.82, 2.24) is 10.2 Å². The first kappa shape index (κ1) is 17.6. The van der Waals surface area contributed by atoms with Crippen LogP contribution in [0.15, 0.2) is 41.8 Å². The van der Waals surface area contributed by atoms with Crippen LogP contribution >= 0.6 is 11.3 Å². The standard InChI is InChI=1S/C19H23N3O2S/c1-21(2)16(17-5-4-12-25-17)13-20-19(24)14-7-9-15(10-8-14)22-11-3-6-18(22)23/h4-5,7-10,12,16H,3,6,11,13H2,1-2H3,(H,20,24)/t16-/m1/s1. The molecule has 1 atom stereocenters. The average Bonchev–Trinajstić information content (AvgIpc) is 3.26. The maximum absolute atomic E-state index is 12.4.